The van der Waals surface area contributed by atoms with Crippen LogP contribution >= 0.6 is 0 Å². The molecule has 0 spiro atoms. The molecule has 0 atom stereocenters. The molecule has 2 aliphatic rings. The van der Waals surface area contributed by atoms with Crippen molar-refractivity contribution < 1.29 is 10.0 Å². The van der Waals surface area contributed by atoms with Crippen molar-refractivity contribution in [3.05, 3.63) is 69.3 Å². The smallest absolute Gasteiger partial charge is 0.283 e. The Hall–Kier alpha value is -2.50. The molecule has 1 aliphatic carbocycles. The predicted molar refractivity (Wildman–Crippen MR) is 97.3 cm³/mol. The summed E-state index contributed by atoms with van der Waals surface area (Å²) in [6.07, 6.45) is 4.29. The summed E-state index contributed by atoms with van der Waals surface area (Å²) in [4.78, 5) is 11.5. The minimum Gasteiger partial charge on any atom is -0.391 e. The summed E-state index contributed by atoms with van der Waals surface area (Å²) in [6.45, 7) is 1.07. The van der Waals surface area contributed by atoms with E-state index in [2.05, 4.69) is 11.4 Å². The Morgan fingerprint density at radius 3 is 2.52 bits per heavy atom. The zero-order valence-electron chi connectivity index (χ0n) is 13.9. The second kappa shape index (κ2) is 6.43. The van der Waals surface area contributed by atoms with Crippen LogP contribution in [-0.2, 0) is 6.61 Å². The third-order valence-electron chi connectivity index (χ3n) is 5.05. The molecule has 0 aromatic heterocycles. The molecule has 2 N–H and O–H groups in total. The van der Waals surface area contributed by atoms with Crippen LogP contribution < -0.4 is 5.32 Å². The number of aliphatic hydroxyl groups excluding tert-OH is 1. The number of rotatable bonds is 5. The van der Waals surface area contributed by atoms with E-state index in [0.29, 0.717) is 23.6 Å². The van der Waals surface area contributed by atoms with Gasteiger partial charge in [-0.3, -0.25) is 10.1 Å². The van der Waals surface area contributed by atoms with E-state index in [0.717, 1.165) is 36.1 Å². The van der Waals surface area contributed by atoms with Crippen molar-refractivity contribution in [3.8, 4) is 11.1 Å². The zero-order chi connectivity index (χ0) is 17.4. The molecule has 5 nitrogen and oxygen atoms in total. The van der Waals surface area contributed by atoms with Crippen molar-refractivity contribution in [2.24, 2.45) is 0 Å². The number of nitrogens with zero attached hydrogens (tertiary/aromatic N) is 1. The lowest BCUT2D eigenvalue weighted by Crippen LogP contribution is -2.09. The highest BCUT2D eigenvalue weighted by molar-refractivity contribution is 5.84. The molecular weight excluding hydrogens is 316 g/mol. The normalized spacial score (nSPS) is 16.8. The van der Waals surface area contributed by atoms with E-state index < -0.39 is 0 Å². The molecule has 1 heterocycles. The van der Waals surface area contributed by atoms with Gasteiger partial charge in [-0.05, 0) is 47.1 Å². The summed E-state index contributed by atoms with van der Waals surface area (Å²) in [5, 5.41) is 25.0. The van der Waals surface area contributed by atoms with E-state index >= 15 is 0 Å². The summed E-state index contributed by atoms with van der Waals surface area (Å²) in [6, 6.07) is 11.7. The summed E-state index contributed by atoms with van der Waals surface area (Å²) >= 11 is 0. The molecule has 2 aromatic carbocycles. The van der Waals surface area contributed by atoms with Gasteiger partial charge in [-0.25, -0.2) is 0 Å². The van der Waals surface area contributed by atoms with Gasteiger partial charge in [0, 0.05) is 13.1 Å². The van der Waals surface area contributed by atoms with Gasteiger partial charge in [0.15, 0.2) is 0 Å². The molecule has 2 aromatic rings. The van der Waals surface area contributed by atoms with Gasteiger partial charge in [0.25, 0.3) is 5.69 Å². The minimum atomic E-state index is -0.350. The minimum absolute atomic E-state index is 0.0286. The Balaban J connectivity index is 1.93. The van der Waals surface area contributed by atoms with E-state index in [9.17, 15) is 15.2 Å². The highest BCUT2D eigenvalue weighted by Crippen LogP contribution is 2.47. The van der Waals surface area contributed by atoms with Crippen molar-refractivity contribution in [3.63, 3.8) is 0 Å². The second-order valence-corrected chi connectivity index (χ2v) is 6.62. The number of nitrogens with one attached hydrogen (secondary N) is 1. The topological polar surface area (TPSA) is 75.4 Å². The fraction of sp³-hybridized carbons (Fsp3) is 0.300. The highest BCUT2D eigenvalue weighted by atomic mass is 16.6. The van der Waals surface area contributed by atoms with E-state index in [4.69, 9.17) is 0 Å². The van der Waals surface area contributed by atoms with Crippen molar-refractivity contribution in [2.45, 2.75) is 25.4 Å². The number of nitro groups is 1. The third kappa shape index (κ3) is 2.86. The number of nitro benzene ring substituents is 1. The molecule has 4 rings (SSSR count). The summed E-state index contributed by atoms with van der Waals surface area (Å²) in [7, 11) is 0. The SMILES string of the molecule is O=[N+]([O-])c1c(-c2ccccc2C2CC2)ccc(C2=CCNC2)c1CO. The van der Waals surface area contributed by atoms with Gasteiger partial charge in [-0.15, -0.1) is 0 Å². The zero-order valence-corrected chi connectivity index (χ0v) is 13.9. The van der Waals surface area contributed by atoms with Crippen LogP contribution in [0.4, 0.5) is 5.69 Å². The molecule has 25 heavy (non-hydrogen) atoms. The number of benzene rings is 2. The molecule has 5 heteroatoms. The van der Waals surface area contributed by atoms with E-state index in [1.165, 1.54) is 5.56 Å². The van der Waals surface area contributed by atoms with Gasteiger partial charge in [0.05, 0.1) is 22.7 Å². The lowest BCUT2D eigenvalue weighted by molar-refractivity contribution is -0.385. The molecule has 0 radical (unpaired) electrons. The highest BCUT2D eigenvalue weighted by Gasteiger charge is 2.30. The average Bonchev–Trinajstić information content (AvgIpc) is 3.34. The maximum atomic E-state index is 11.9. The lowest BCUT2D eigenvalue weighted by atomic mass is 9.90. The summed E-state index contributed by atoms with van der Waals surface area (Å²) < 4.78 is 0. The first kappa shape index (κ1) is 16.0. The maximum absolute atomic E-state index is 11.9. The van der Waals surface area contributed by atoms with Crippen LogP contribution in [-0.4, -0.2) is 23.1 Å². The summed E-state index contributed by atoms with van der Waals surface area (Å²) in [5.41, 5.74) is 4.90. The standard InChI is InChI=1S/C20H20N2O3/c23-12-19-16(14-9-10-21-11-14)7-8-18(20(19)22(24)25)17-4-2-1-3-15(17)13-5-6-13/h1-4,7-9,13,21,23H,5-6,10-12H2. The average molecular weight is 336 g/mol. The molecule has 128 valence electrons. The van der Waals surface area contributed by atoms with Crippen molar-refractivity contribution >= 4 is 11.3 Å². The number of aliphatic hydroxyl groups is 1. The van der Waals surface area contributed by atoms with Gasteiger partial charge < -0.3 is 10.4 Å². The fourth-order valence-electron chi connectivity index (χ4n) is 3.70. The van der Waals surface area contributed by atoms with E-state index in [1.54, 1.807) is 0 Å². The van der Waals surface area contributed by atoms with Crippen LogP contribution in [0.2, 0.25) is 0 Å². The summed E-state index contributed by atoms with van der Waals surface area (Å²) in [5.74, 6) is 0.495. The van der Waals surface area contributed by atoms with Gasteiger partial charge >= 0.3 is 0 Å². The van der Waals surface area contributed by atoms with Crippen LogP contribution in [0.15, 0.2) is 42.5 Å². The third-order valence-corrected chi connectivity index (χ3v) is 5.05. The van der Waals surface area contributed by atoms with Crippen LogP contribution in [0.1, 0.15) is 35.4 Å². The monoisotopic (exact) mass is 336 g/mol. The molecule has 1 fully saturated rings. The molecule has 0 saturated heterocycles. The van der Waals surface area contributed by atoms with E-state index in [-0.39, 0.29) is 17.2 Å². The van der Waals surface area contributed by atoms with Crippen molar-refractivity contribution in [2.75, 3.05) is 13.1 Å². The predicted octanol–water partition coefficient (Wildman–Crippen LogP) is 3.62. The number of hydrogen-bond donors (Lipinski definition) is 2. The Bertz CT molecular complexity index is 869. The first-order chi connectivity index (χ1) is 12.2. The van der Waals surface area contributed by atoms with Gasteiger partial charge in [-0.1, -0.05) is 36.4 Å². The molecule has 0 unspecified atom stereocenters. The Kier molecular flexibility index (Phi) is 4.11. The van der Waals surface area contributed by atoms with E-state index in [1.807, 2.05) is 36.4 Å². The van der Waals surface area contributed by atoms with Crippen molar-refractivity contribution in [1.29, 1.82) is 0 Å². The van der Waals surface area contributed by atoms with Crippen LogP contribution in [0.25, 0.3) is 16.7 Å². The lowest BCUT2D eigenvalue weighted by Gasteiger charge is -2.15. The maximum Gasteiger partial charge on any atom is 0.283 e. The fourth-order valence-corrected chi connectivity index (χ4v) is 3.70. The Labute approximate surface area is 146 Å². The quantitative estimate of drug-likeness (QED) is 0.646. The largest absolute Gasteiger partial charge is 0.391 e. The molecule has 0 amide bonds. The Morgan fingerprint density at radius 1 is 1.12 bits per heavy atom. The molecule has 1 saturated carbocycles. The van der Waals surface area contributed by atoms with Gasteiger partial charge in [0.1, 0.15) is 0 Å². The van der Waals surface area contributed by atoms with Gasteiger partial charge in [-0.2, -0.15) is 0 Å². The Morgan fingerprint density at radius 2 is 1.88 bits per heavy atom. The van der Waals surface area contributed by atoms with Crippen LogP contribution in [0.5, 0.6) is 0 Å². The molecule has 0 bridgehead atoms. The molecule has 1 aliphatic heterocycles. The number of hydrogen-bond acceptors (Lipinski definition) is 4. The van der Waals surface area contributed by atoms with Crippen LogP contribution in [0, 0.1) is 10.1 Å². The van der Waals surface area contributed by atoms with Crippen molar-refractivity contribution in [1.82, 2.24) is 5.32 Å². The van der Waals surface area contributed by atoms with Gasteiger partial charge in [0.2, 0.25) is 0 Å². The first-order valence-electron chi connectivity index (χ1n) is 8.61. The first-order valence-corrected chi connectivity index (χ1v) is 8.61. The van der Waals surface area contributed by atoms with Crippen LogP contribution in [0.3, 0.4) is 0 Å². The molecular formula is C20H20N2O3. The second-order valence-electron chi connectivity index (χ2n) is 6.62.